The van der Waals surface area contributed by atoms with Crippen LogP contribution >= 0.6 is 0 Å². The van der Waals surface area contributed by atoms with Crippen molar-refractivity contribution < 1.29 is 14.4 Å². The molecule has 0 aromatic carbocycles. The largest absolute Gasteiger partial charge is 0.330 e. The Hall–Kier alpha value is -1.65. The molecule has 0 heterocycles. The van der Waals surface area contributed by atoms with Gasteiger partial charge >= 0.3 is 6.03 Å². The summed E-state index contributed by atoms with van der Waals surface area (Å²) in [6.45, 7) is 4.71. The normalized spacial score (nSPS) is 41.0. The number of allylic oxidation sites excluding steroid dienone is 1. The maximum atomic E-state index is 13.3. The standard InChI is InChI=1S/C24H36N2O3/c1-23-12-10-16(27)14-15(23)6-7-17-18-8-9-20(24(18,2)13-11-19(17)23)21(28)26(5)22(29)25(3)4/h14,17-20H,6-13H2,1-5H3/t17?,18?,19?,20?,23-,24-/m0/s1. The first kappa shape index (κ1) is 20.6. The third-order valence-corrected chi connectivity index (χ3v) is 9.26. The Morgan fingerprint density at radius 1 is 0.966 bits per heavy atom. The van der Waals surface area contributed by atoms with Gasteiger partial charge in [-0.1, -0.05) is 19.4 Å². The van der Waals surface area contributed by atoms with Crippen molar-refractivity contribution in [3.8, 4) is 0 Å². The van der Waals surface area contributed by atoms with Crippen LogP contribution in [-0.2, 0) is 9.59 Å². The molecule has 0 radical (unpaired) electrons. The van der Waals surface area contributed by atoms with E-state index in [9.17, 15) is 14.4 Å². The Morgan fingerprint density at radius 2 is 1.69 bits per heavy atom. The molecule has 0 aliphatic heterocycles. The predicted molar refractivity (Wildman–Crippen MR) is 112 cm³/mol. The summed E-state index contributed by atoms with van der Waals surface area (Å²) in [7, 11) is 5.02. The zero-order valence-corrected chi connectivity index (χ0v) is 18.7. The number of hydrogen-bond donors (Lipinski definition) is 0. The maximum Gasteiger partial charge on any atom is 0.325 e. The van der Waals surface area contributed by atoms with Crippen LogP contribution in [0.3, 0.4) is 0 Å². The van der Waals surface area contributed by atoms with Crippen LogP contribution in [0.15, 0.2) is 11.6 Å². The van der Waals surface area contributed by atoms with Crippen molar-refractivity contribution in [2.45, 2.75) is 65.2 Å². The second-order valence-corrected chi connectivity index (χ2v) is 10.7. The van der Waals surface area contributed by atoms with E-state index in [1.165, 1.54) is 15.4 Å². The summed E-state index contributed by atoms with van der Waals surface area (Å²) in [6.07, 6.45) is 9.98. The van der Waals surface area contributed by atoms with Crippen LogP contribution in [0, 0.1) is 34.5 Å². The molecule has 3 amide bonds. The minimum Gasteiger partial charge on any atom is -0.330 e. The molecule has 0 spiro atoms. The van der Waals surface area contributed by atoms with Gasteiger partial charge in [-0.05, 0) is 79.6 Å². The number of nitrogens with zero attached hydrogens (tertiary/aromatic N) is 2. The quantitative estimate of drug-likeness (QED) is 0.660. The fraction of sp³-hybridized carbons (Fsp3) is 0.792. The average molecular weight is 401 g/mol. The minimum atomic E-state index is -0.234. The molecule has 160 valence electrons. The Labute approximate surface area is 174 Å². The number of fused-ring (bicyclic) bond motifs is 5. The fourth-order valence-corrected chi connectivity index (χ4v) is 7.59. The number of rotatable bonds is 1. The van der Waals surface area contributed by atoms with Gasteiger partial charge in [-0.25, -0.2) is 4.79 Å². The van der Waals surface area contributed by atoms with Crippen LogP contribution in [-0.4, -0.2) is 48.7 Å². The molecule has 4 rings (SSSR count). The summed E-state index contributed by atoms with van der Waals surface area (Å²) >= 11 is 0. The summed E-state index contributed by atoms with van der Waals surface area (Å²) in [5.41, 5.74) is 1.54. The first-order valence-corrected chi connectivity index (χ1v) is 11.3. The monoisotopic (exact) mass is 400 g/mol. The van der Waals surface area contributed by atoms with Gasteiger partial charge in [0, 0.05) is 33.5 Å². The van der Waals surface area contributed by atoms with E-state index >= 15 is 0 Å². The first-order chi connectivity index (χ1) is 13.6. The summed E-state index contributed by atoms with van der Waals surface area (Å²) in [5, 5.41) is 0. The molecule has 4 aliphatic rings. The molecule has 0 bridgehead atoms. The van der Waals surface area contributed by atoms with Gasteiger partial charge in [0.2, 0.25) is 5.91 Å². The summed E-state index contributed by atoms with van der Waals surface area (Å²) in [4.78, 5) is 40.4. The Bertz CT molecular complexity index is 772. The molecule has 4 aliphatic carbocycles. The zero-order chi connectivity index (χ0) is 21.1. The van der Waals surface area contributed by atoms with Gasteiger partial charge in [0.15, 0.2) is 5.78 Å². The molecule has 6 atom stereocenters. The van der Waals surface area contributed by atoms with Crippen LogP contribution in [0.4, 0.5) is 4.79 Å². The lowest BCUT2D eigenvalue weighted by atomic mass is 9.47. The number of hydrogen-bond acceptors (Lipinski definition) is 3. The molecule has 5 nitrogen and oxygen atoms in total. The van der Waals surface area contributed by atoms with E-state index in [2.05, 4.69) is 13.8 Å². The van der Waals surface area contributed by atoms with E-state index < -0.39 is 0 Å². The fourth-order valence-electron chi connectivity index (χ4n) is 7.59. The molecular weight excluding hydrogens is 364 g/mol. The molecule has 5 heteroatoms. The van der Waals surface area contributed by atoms with Crippen molar-refractivity contribution in [2.24, 2.45) is 34.5 Å². The van der Waals surface area contributed by atoms with Gasteiger partial charge in [-0.2, -0.15) is 0 Å². The van der Waals surface area contributed by atoms with Crippen molar-refractivity contribution in [1.29, 1.82) is 0 Å². The number of imide groups is 1. The van der Waals surface area contributed by atoms with Crippen molar-refractivity contribution in [1.82, 2.24) is 9.80 Å². The zero-order valence-electron chi connectivity index (χ0n) is 18.7. The van der Waals surface area contributed by atoms with Crippen molar-refractivity contribution in [2.75, 3.05) is 21.1 Å². The lowest BCUT2D eigenvalue weighted by Gasteiger charge is -2.58. The molecular formula is C24H36N2O3. The summed E-state index contributed by atoms with van der Waals surface area (Å²) in [5.74, 6) is 2.06. The number of carbonyl (C=O) groups excluding carboxylic acids is 3. The molecule has 0 saturated heterocycles. The topological polar surface area (TPSA) is 57.7 Å². The van der Waals surface area contributed by atoms with E-state index in [0.717, 1.165) is 44.9 Å². The summed E-state index contributed by atoms with van der Waals surface area (Å²) < 4.78 is 0. The predicted octanol–water partition coefficient (Wildman–Crippen LogP) is 4.27. The highest BCUT2D eigenvalue weighted by atomic mass is 16.2. The minimum absolute atomic E-state index is 0.00183. The molecule has 0 N–H and O–H groups in total. The smallest absolute Gasteiger partial charge is 0.325 e. The maximum absolute atomic E-state index is 13.3. The third kappa shape index (κ3) is 2.98. The lowest BCUT2D eigenvalue weighted by molar-refractivity contribution is -0.139. The van der Waals surface area contributed by atoms with E-state index in [4.69, 9.17) is 0 Å². The molecule has 0 aromatic rings. The molecule has 0 aromatic heterocycles. The first-order valence-electron chi connectivity index (χ1n) is 11.3. The summed E-state index contributed by atoms with van der Waals surface area (Å²) in [6, 6.07) is -0.234. The van der Waals surface area contributed by atoms with Crippen LogP contribution in [0.2, 0.25) is 0 Å². The number of urea groups is 1. The van der Waals surface area contributed by atoms with Gasteiger partial charge in [-0.3, -0.25) is 14.5 Å². The van der Waals surface area contributed by atoms with Crippen molar-refractivity contribution in [3.05, 3.63) is 11.6 Å². The number of amides is 3. The Morgan fingerprint density at radius 3 is 2.38 bits per heavy atom. The SMILES string of the molecule is CN(C)C(=O)N(C)C(=O)C1CCC2C3CCC4=CC(=O)CC[C@]4(C)C3CC[C@]12C. The van der Waals surface area contributed by atoms with Crippen LogP contribution in [0.1, 0.15) is 65.2 Å². The molecule has 3 fully saturated rings. The Kier molecular flexibility index (Phi) is 4.94. The van der Waals surface area contributed by atoms with Gasteiger partial charge in [0.25, 0.3) is 0 Å². The molecule has 29 heavy (non-hydrogen) atoms. The van der Waals surface area contributed by atoms with Gasteiger partial charge < -0.3 is 4.90 Å². The Balaban J connectivity index is 1.58. The van der Waals surface area contributed by atoms with Crippen LogP contribution in [0.5, 0.6) is 0 Å². The van der Waals surface area contributed by atoms with Gasteiger partial charge in [0.1, 0.15) is 0 Å². The molecule has 4 unspecified atom stereocenters. The third-order valence-electron chi connectivity index (χ3n) is 9.26. The van der Waals surface area contributed by atoms with E-state index in [0.29, 0.717) is 30.0 Å². The average Bonchev–Trinajstić information content (AvgIpc) is 3.03. The van der Waals surface area contributed by atoms with Gasteiger partial charge in [-0.15, -0.1) is 0 Å². The lowest BCUT2D eigenvalue weighted by Crippen LogP contribution is -2.53. The van der Waals surface area contributed by atoms with Crippen LogP contribution in [0.25, 0.3) is 0 Å². The van der Waals surface area contributed by atoms with Gasteiger partial charge in [0.05, 0.1) is 0 Å². The van der Waals surface area contributed by atoms with E-state index in [1.54, 1.807) is 21.1 Å². The number of carbonyl (C=O) groups is 3. The van der Waals surface area contributed by atoms with Crippen molar-refractivity contribution in [3.63, 3.8) is 0 Å². The highest BCUT2D eigenvalue weighted by Crippen LogP contribution is 2.66. The highest BCUT2D eigenvalue weighted by molar-refractivity contribution is 5.95. The highest BCUT2D eigenvalue weighted by Gasteiger charge is 2.60. The second kappa shape index (κ2) is 6.95. The van der Waals surface area contributed by atoms with E-state index in [-0.39, 0.29) is 28.7 Å². The second-order valence-electron chi connectivity index (χ2n) is 10.7. The molecule has 3 saturated carbocycles. The van der Waals surface area contributed by atoms with Crippen molar-refractivity contribution >= 4 is 17.7 Å². The number of ketones is 1. The van der Waals surface area contributed by atoms with E-state index in [1.807, 2.05) is 6.08 Å². The van der Waals surface area contributed by atoms with Crippen LogP contribution < -0.4 is 0 Å².